The maximum atomic E-state index is 12.5. The molecule has 2 aromatic rings. The maximum absolute atomic E-state index is 12.5. The van der Waals surface area contributed by atoms with Gasteiger partial charge < -0.3 is 19.5 Å². The highest BCUT2D eigenvalue weighted by molar-refractivity contribution is 8.00. The summed E-state index contributed by atoms with van der Waals surface area (Å²) in [5.41, 5.74) is 1.01. The molecule has 8 heteroatoms. The summed E-state index contributed by atoms with van der Waals surface area (Å²) >= 11 is 1.29. The van der Waals surface area contributed by atoms with Crippen molar-refractivity contribution in [3.8, 4) is 11.5 Å². The fourth-order valence-corrected chi connectivity index (χ4v) is 3.25. The first-order valence-electron chi connectivity index (χ1n) is 8.90. The third-order valence-corrected chi connectivity index (χ3v) is 4.84. The molecule has 2 aromatic carbocycles. The first-order chi connectivity index (χ1) is 14.0. The van der Waals surface area contributed by atoms with Gasteiger partial charge in [-0.2, -0.15) is 0 Å². The van der Waals surface area contributed by atoms with E-state index in [0.29, 0.717) is 22.7 Å². The quantitative estimate of drug-likeness (QED) is 0.359. The van der Waals surface area contributed by atoms with Crippen LogP contribution in [0.1, 0.15) is 23.7 Å². The van der Waals surface area contributed by atoms with E-state index in [4.69, 9.17) is 14.2 Å². The van der Waals surface area contributed by atoms with Crippen molar-refractivity contribution in [2.24, 2.45) is 0 Å². The molecule has 154 valence electrons. The van der Waals surface area contributed by atoms with E-state index < -0.39 is 5.97 Å². The Labute approximate surface area is 173 Å². The van der Waals surface area contributed by atoms with Crippen LogP contribution in [-0.4, -0.2) is 44.2 Å². The predicted octanol–water partition coefficient (Wildman–Crippen LogP) is 3.57. The number of nitrogens with one attached hydrogen (secondary N) is 1. The minimum absolute atomic E-state index is 0.145. The van der Waals surface area contributed by atoms with Gasteiger partial charge in [-0.3, -0.25) is 14.4 Å². The Morgan fingerprint density at radius 1 is 1.00 bits per heavy atom. The van der Waals surface area contributed by atoms with E-state index in [-0.39, 0.29) is 30.5 Å². The molecule has 0 saturated heterocycles. The molecule has 0 aliphatic rings. The van der Waals surface area contributed by atoms with E-state index in [1.54, 1.807) is 43.3 Å². The number of carbonyl (C=O) groups is 3. The molecule has 0 saturated carbocycles. The third kappa shape index (κ3) is 6.83. The molecular weight excluding hydrogens is 394 g/mol. The van der Waals surface area contributed by atoms with Crippen LogP contribution in [0.15, 0.2) is 47.4 Å². The van der Waals surface area contributed by atoms with Gasteiger partial charge in [-0.05, 0) is 43.3 Å². The minimum Gasteiger partial charge on any atom is -0.493 e. The van der Waals surface area contributed by atoms with Gasteiger partial charge in [-0.15, -0.1) is 11.8 Å². The molecule has 0 aromatic heterocycles. The SMILES string of the molecule is CCOC(=O)CC(=O)CSc1cccc(NC(=O)c2ccc(OC)c(OC)c2)c1. The zero-order chi connectivity index (χ0) is 21.2. The summed E-state index contributed by atoms with van der Waals surface area (Å²) in [5.74, 6) is 0.111. The summed E-state index contributed by atoms with van der Waals surface area (Å²) in [6, 6.07) is 12.0. The third-order valence-electron chi connectivity index (χ3n) is 3.78. The molecular formula is C21H23NO6S. The van der Waals surface area contributed by atoms with Crippen molar-refractivity contribution in [3.63, 3.8) is 0 Å². The van der Waals surface area contributed by atoms with Gasteiger partial charge in [0.25, 0.3) is 5.91 Å². The molecule has 1 N–H and O–H groups in total. The molecule has 0 aliphatic heterocycles. The number of rotatable bonds is 10. The second kappa shape index (κ2) is 11.1. The van der Waals surface area contributed by atoms with Crippen molar-refractivity contribution in [3.05, 3.63) is 48.0 Å². The van der Waals surface area contributed by atoms with Crippen LogP contribution in [0.3, 0.4) is 0 Å². The summed E-state index contributed by atoms with van der Waals surface area (Å²) in [6.45, 7) is 1.94. The molecule has 0 aliphatic carbocycles. The van der Waals surface area contributed by atoms with Gasteiger partial charge in [0, 0.05) is 16.1 Å². The normalized spacial score (nSPS) is 10.2. The fourth-order valence-electron chi connectivity index (χ4n) is 2.43. The van der Waals surface area contributed by atoms with E-state index in [1.165, 1.54) is 26.0 Å². The number of anilines is 1. The number of ketones is 1. The van der Waals surface area contributed by atoms with Crippen LogP contribution < -0.4 is 14.8 Å². The van der Waals surface area contributed by atoms with Crippen molar-refractivity contribution in [2.75, 3.05) is 31.9 Å². The summed E-state index contributed by atoms with van der Waals surface area (Å²) in [5, 5.41) is 2.82. The number of hydrogen-bond donors (Lipinski definition) is 1. The lowest BCUT2D eigenvalue weighted by Gasteiger charge is -2.10. The smallest absolute Gasteiger partial charge is 0.313 e. The average Bonchev–Trinajstić information content (AvgIpc) is 2.72. The van der Waals surface area contributed by atoms with Gasteiger partial charge in [-0.25, -0.2) is 0 Å². The highest BCUT2D eigenvalue weighted by Crippen LogP contribution is 2.28. The molecule has 0 heterocycles. The maximum Gasteiger partial charge on any atom is 0.313 e. The number of benzene rings is 2. The number of amides is 1. The van der Waals surface area contributed by atoms with Crippen molar-refractivity contribution in [1.82, 2.24) is 0 Å². The number of Topliss-reactive ketones (excluding diaryl/α,β-unsaturated/α-hetero) is 1. The largest absolute Gasteiger partial charge is 0.493 e. The van der Waals surface area contributed by atoms with E-state index in [2.05, 4.69) is 5.32 Å². The Morgan fingerprint density at radius 3 is 2.45 bits per heavy atom. The first kappa shape index (κ1) is 22.3. The molecule has 2 rings (SSSR count). The second-order valence-electron chi connectivity index (χ2n) is 5.86. The zero-order valence-electron chi connectivity index (χ0n) is 16.5. The van der Waals surface area contributed by atoms with E-state index in [1.807, 2.05) is 6.07 Å². The Hall–Kier alpha value is -3.00. The number of ether oxygens (including phenoxy) is 3. The summed E-state index contributed by atoms with van der Waals surface area (Å²) < 4.78 is 15.2. The van der Waals surface area contributed by atoms with Crippen LogP contribution >= 0.6 is 11.8 Å². The van der Waals surface area contributed by atoms with Crippen LogP contribution in [0.5, 0.6) is 11.5 Å². The number of carbonyl (C=O) groups excluding carboxylic acids is 3. The summed E-state index contributed by atoms with van der Waals surface area (Å²) in [6.07, 6.45) is -0.240. The highest BCUT2D eigenvalue weighted by atomic mass is 32.2. The zero-order valence-corrected chi connectivity index (χ0v) is 17.3. The van der Waals surface area contributed by atoms with Gasteiger partial charge >= 0.3 is 5.97 Å². The summed E-state index contributed by atoms with van der Waals surface area (Å²) in [4.78, 5) is 36.5. The Kier molecular flexibility index (Phi) is 8.54. The van der Waals surface area contributed by atoms with Crippen molar-refractivity contribution in [1.29, 1.82) is 0 Å². The van der Waals surface area contributed by atoms with Crippen LogP contribution in [0, 0.1) is 0 Å². The van der Waals surface area contributed by atoms with Crippen LogP contribution in [0.25, 0.3) is 0 Å². The lowest BCUT2D eigenvalue weighted by Crippen LogP contribution is -2.13. The van der Waals surface area contributed by atoms with Crippen molar-refractivity contribution < 1.29 is 28.6 Å². The Bertz CT molecular complexity index is 883. The van der Waals surface area contributed by atoms with Gasteiger partial charge in [0.15, 0.2) is 17.3 Å². The number of esters is 1. The molecule has 0 unspecified atom stereocenters. The topological polar surface area (TPSA) is 90.9 Å². The van der Waals surface area contributed by atoms with Crippen molar-refractivity contribution >= 4 is 35.1 Å². The van der Waals surface area contributed by atoms with Crippen LogP contribution in [-0.2, 0) is 14.3 Å². The molecule has 0 radical (unpaired) electrons. The van der Waals surface area contributed by atoms with Gasteiger partial charge in [0.1, 0.15) is 6.42 Å². The molecule has 7 nitrogen and oxygen atoms in total. The predicted molar refractivity (Wildman–Crippen MR) is 111 cm³/mol. The Balaban J connectivity index is 1.98. The number of thioether (sulfide) groups is 1. The molecule has 1 amide bonds. The lowest BCUT2D eigenvalue weighted by atomic mass is 10.2. The van der Waals surface area contributed by atoms with Gasteiger partial charge in [0.2, 0.25) is 0 Å². The molecule has 0 atom stereocenters. The van der Waals surface area contributed by atoms with Crippen molar-refractivity contribution in [2.45, 2.75) is 18.2 Å². The monoisotopic (exact) mass is 417 g/mol. The second-order valence-corrected chi connectivity index (χ2v) is 6.91. The fraction of sp³-hybridized carbons (Fsp3) is 0.286. The number of methoxy groups -OCH3 is 2. The number of hydrogen-bond acceptors (Lipinski definition) is 7. The Morgan fingerprint density at radius 2 is 1.76 bits per heavy atom. The first-order valence-corrected chi connectivity index (χ1v) is 9.89. The standard InChI is InChI=1S/C21H23NO6S/c1-4-28-20(24)12-16(23)13-29-17-7-5-6-15(11-17)22-21(25)14-8-9-18(26-2)19(10-14)27-3/h5-11H,4,12-13H2,1-3H3,(H,22,25). The molecule has 29 heavy (non-hydrogen) atoms. The van der Waals surface area contributed by atoms with E-state index in [9.17, 15) is 14.4 Å². The highest BCUT2D eigenvalue weighted by Gasteiger charge is 2.13. The van der Waals surface area contributed by atoms with Gasteiger partial charge in [-0.1, -0.05) is 6.07 Å². The van der Waals surface area contributed by atoms with E-state index >= 15 is 0 Å². The summed E-state index contributed by atoms with van der Waals surface area (Å²) in [7, 11) is 3.03. The van der Waals surface area contributed by atoms with Crippen LogP contribution in [0.4, 0.5) is 5.69 Å². The van der Waals surface area contributed by atoms with Gasteiger partial charge in [0.05, 0.1) is 26.6 Å². The van der Waals surface area contributed by atoms with E-state index in [0.717, 1.165) is 4.90 Å². The molecule has 0 fully saturated rings. The minimum atomic E-state index is -0.519. The molecule has 0 bridgehead atoms. The van der Waals surface area contributed by atoms with Crippen LogP contribution in [0.2, 0.25) is 0 Å². The lowest BCUT2D eigenvalue weighted by molar-refractivity contribution is -0.145. The average molecular weight is 417 g/mol. The molecule has 0 spiro atoms.